The van der Waals surface area contributed by atoms with Crippen LogP contribution in [0.2, 0.25) is 0 Å². The summed E-state index contributed by atoms with van der Waals surface area (Å²) in [5.74, 6) is -2.05. The molecule has 1 amide bonds. The number of piperidine rings is 1. The molecule has 2 N–H and O–H groups in total. The van der Waals surface area contributed by atoms with Gasteiger partial charge in [0.15, 0.2) is 11.6 Å². The summed E-state index contributed by atoms with van der Waals surface area (Å²) in [7, 11) is 0. The van der Waals surface area contributed by atoms with Crippen molar-refractivity contribution in [2.24, 2.45) is 0 Å². The standard InChI is InChI=1S/C21H22F5N3O/c22-18-5-4-14(10-19(18)23)13-29-8-6-16(7-9-29)28-20(30)12-27-17-3-1-2-15(11-17)21(24,25)26/h1-5,10-11,16,27H,6-9,12-13H2,(H,28,30). The highest BCUT2D eigenvalue weighted by Crippen LogP contribution is 2.30. The van der Waals surface area contributed by atoms with Crippen LogP contribution < -0.4 is 10.6 Å². The van der Waals surface area contributed by atoms with Crippen LogP contribution in [-0.2, 0) is 17.5 Å². The van der Waals surface area contributed by atoms with E-state index >= 15 is 0 Å². The van der Waals surface area contributed by atoms with Crippen LogP contribution in [0, 0.1) is 11.6 Å². The Morgan fingerprint density at radius 1 is 1.03 bits per heavy atom. The Labute approximate surface area is 171 Å². The Hall–Kier alpha value is -2.68. The van der Waals surface area contributed by atoms with Crippen molar-refractivity contribution < 1.29 is 26.7 Å². The van der Waals surface area contributed by atoms with Crippen molar-refractivity contribution in [1.82, 2.24) is 10.2 Å². The predicted octanol–water partition coefficient (Wildman–Crippen LogP) is 4.18. The molecular formula is C21H22F5N3O. The lowest BCUT2D eigenvalue weighted by atomic mass is 10.0. The zero-order valence-corrected chi connectivity index (χ0v) is 16.1. The minimum absolute atomic E-state index is 0.0398. The number of hydrogen-bond acceptors (Lipinski definition) is 3. The van der Waals surface area contributed by atoms with Crippen molar-refractivity contribution in [3.63, 3.8) is 0 Å². The molecule has 0 radical (unpaired) electrons. The topological polar surface area (TPSA) is 44.4 Å². The van der Waals surface area contributed by atoms with Gasteiger partial charge in [0.1, 0.15) is 0 Å². The largest absolute Gasteiger partial charge is 0.416 e. The lowest BCUT2D eigenvalue weighted by Gasteiger charge is -2.32. The van der Waals surface area contributed by atoms with Crippen molar-refractivity contribution >= 4 is 11.6 Å². The Morgan fingerprint density at radius 3 is 2.43 bits per heavy atom. The molecule has 4 nitrogen and oxygen atoms in total. The number of amides is 1. The highest BCUT2D eigenvalue weighted by Gasteiger charge is 2.30. The van der Waals surface area contributed by atoms with E-state index in [1.165, 1.54) is 18.2 Å². The Bertz CT molecular complexity index is 879. The minimum Gasteiger partial charge on any atom is -0.376 e. The summed E-state index contributed by atoms with van der Waals surface area (Å²) in [4.78, 5) is 14.2. The second-order valence-corrected chi connectivity index (χ2v) is 7.30. The summed E-state index contributed by atoms with van der Waals surface area (Å²) in [6.07, 6.45) is -3.05. The van der Waals surface area contributed by atoms with E-state index in [9.17, 15) is 26.7 Å². The van der Waals surface area contributed by atoms with E-state index in [0.717, 1.165) is 18.2 Å². The maximum Gasteiger partial charge on any atom is 0.416 e. The van der Waals surface area contributed by atoms with Gasteiger partial charge in [-0.25, -0.2) is 8.78 Å². The Morgan fingerprint density at radius 2 is 1.77 bits per heavy atom. The number of halogens is 5. The van der Waals surface area contributed by atoms with E-state index in [1.807, 2.05) is 0 Å². The van der Waals surface area contributed by atoms with Gasteiger partial charge in [0.25, 0.3) is 0 Å². The molecule has 1 saturated heterocycles. The molecule has 3 rings (SSSR count). The second kappa shape index (κ2) is 9.42. The number of nitrogens with zero attached hydrogens (tertiary/aromatic N) is 1. The van der Waals surface area contributed by atoms with Crippen LogP contribution in [0.15, 0.2) is 42.5 Å². The average molecular weight is 427 g/mol. The maximum absolute atomic E-state index is 13.3. The van der Waals surface area contributed by atoms with Crippen LogP contribution in [0.25, 0.3) is 0 Å². The number of anilines is 1. The third kappa shape index (κ3) is 6.16. The molecule has 1 aliphatic rings. The summed E-state index contributed by atoms with van der Waals surface area (Å²) in [6.45, 7) is 1.74. The van der Waals surface area contributed by atoms with Gasteiger partial charge in [-0.05, 0) is 48.7 Å². The molecule has 1 fully saturated rings. The number of carbonyl (C=O) groups is 1. The van der Waals surface area contributed by atoms with E-state index in [0.29, 0.717) is 38.0 Å². The molecule has 0 atom stereocenters. The molecule has 162 valence electrons. The quantitative estimate of drug-likeness (QED) is 0.680. The minimum atomic E-state index is -4.44. The molecule has 2 aromatic rings. The monoisotopic (exact) mass is 427 g/mol. The Balaban J connectivity index is 1.41. The molecule has 0 aromatic heterocycles. The number of hydrogen-bond donors (Lipinski definition) is 2. The van der Waals surface area contributed by atoms with Gasteiger partial charge < -0.3 is 10.6 Å². The van der Waals surface area contributed by atoms with E-state index in [4.69, 9.17) is 0 Å². The second-order valence-electron chi connectivity index (χ2n) is 7.30. The van der Waals surface area contributed by atoms with Crippen molar-refractivity contribution in [3.05, 3.63) is 65.2 Å². The van der Waals surface area contributed by atoms with Crippen molar-refractivity contribution in [3.8, 4) is 0 Å². The summed E-state index contributed by atoms with van der Waals surface area (Å²) in [5, 5.41) is 5.58. The lowest BCUT2D eigenvalue weighted by Crippen LogP contribution is -2.45. The number of likely N-dealkylation sites (tertiary alicyclic amines) is 1. The van der Waals surface area contributed by atoms with Crippen LogP contribution in [0.5, 0.6) is 0 Å². The van der Waals surface area contributed by atoms with Crippen molar-refractivity contribution in [1.29, 1.82) is 0 Å². The first-order valence-corrected chi connectivity index (χ1v) is 9.57. The summed E-state index contributed by atoms with van der Waals surface area (Å²) in [5.41, 5.74) is 0.129. The molecule has 1 heterocycles. The molecule has 0 bridgehead atoms. The van der Waals surface area contributed by atoms with Gasteiger partial charge in [0.2, 0.25) is 5.91 Å². The van der Waals surface area contributed by atoms with Crippen LogP contribution in [0.1, 0.15) is 24.0 Å². The summed E-state index contributed by atoms with van der Waals surface area (Å²) in [6, 6.07) is 8.49. The third-order valence-corrected chi connectivity index (χ3v) is 4.99. The average Bonchev–Trinajstić information content (AvgIpc) is 2.70. The number of rotatable bonds is 6. The Kier molecular flexibility index (Phi) is 6.91. The van der Waals surface area contributed by atoms with Crippen LogP contribution >= 0.6 is 0 Å². The van der Waals surface area contributed by atoms with Gasteiger partial charge in [0, 0.05) is 31.4 Å². The van der Waals surface area contributed by atoms with E-state index < -0.39 is 23.4 Å². The molecule has 0 saturated carbocycles. The first kappa shape index (κ1) is 22.0. The van der Waals surface area contributed by atoms with Crippen LogP contribution in [-0.4, -0.2) is 36.5 Å². The molecule has 0 aliphatic carbocycles. The molecule has 2 aromatic carbocycles. The SMILES string of the molecule is O=C(CNc1cccc(C(F)(F)F)c1)NC1CCN(Cc2ccc(F)c(F)c2)CC1. The molecule has 9 heteroatoms. The molecular weight excluding hydrogens is 405 g/mol. The number of benzene rings is 2. The smallest absolute Gasteiger partial charge is 0.376 e. The van der Waals surface area contributed by atoms with Crippen molar-refractivity contribution in [2.75, 3.05) is 25.0 Å². The molecule has 30 heavy (non-hydrogen) atoms. The van der Waals surface area contributed by atoms with E-state index in [-0.39, 0.29) is 24.2 Å². The highest BCUT2D eigenvalue weighted by molar-refractivity contribution is 5.81. The van der Waals surface area contributed by atoms with Gasteiger partial charge in [-0.1, -0.05) is 12.1 Å². The molecule has 0 unspecified atom stereocenters. The fraction of sp³-hybridized carbons (Fsp3) is 0.381. The highest BCUT2D eigenvalue weighted by atomic mass is 19.4. The van der Waals surface area contributed by atoms with Gasteiger partial charge in [-0.15, -0.1) is 0 Å². The van der Waals surface area contributed by atoms with Gasteiger partial charge in [0.05, 0.1) is 12.1 Å². The first-order valence-electron chi connectivity index (χ1n) is 9.57. The summed E-state index contributed by atoms with van der Waals surface area (Å²) >= 11 is 0. The van der Waals surface area contributed by atoms with Gasteiger partial charge in [-0.3, -0.25) is 9.69 Å². The number of nitrogens with one attached hydrogen (secondary N) is 2. The maximum atomic E-state index is 13.3. The normalized spacial score (nSPS) is 15.8. The number of carbonyl (C=O) groups excluding carboxylic acids is 1. The van der Waals surface area contributed by atoms with E-state index in [2.05, 4.69) is 15.5 Å². The van der Waals surface area contributed by atoms with E-state index in [1.54, 1.807) is 6.07 Å². The fourth-order valence-corrected chi connectivity index (χ4v) is 3.40. The molecule has 1 aliphatic heterocycles. The third-order valence-electron chi connectivity index (χ3n) is 4.99. The molecule has 0 spiro atoms. The van der Waals surface area contributed by atoms with Gasteiger partial charge >= 0.3 is 6.18 Å². The first-order chi connectivity index (χ1) is 14.2. The van der Waals surface area contributed by atoms with Crippen LogP contribution in [0.3, 0.4) is 0 Å². The zero-order valence-electron chi connectivity index (χ0n) is 16.1. The predicted molar refractivity (Wildman–Crippen MR) is 103 cm³/mol. The van der Waals surface area contributed by atoms with Crippen LogP contribution in [0.4, 0.5) is 27.6 Å². The van der Waals surface area contributed by atoms with Crippen molar-refractivity contribution in [2.45, 2.75) is 31.6 Å². The van der Waals surface area contributed by atoms with Gasteiger partial charge in [-0.2, -0.15) is 13.2 Å². The lowest BCUT2D eigenvalue weighted by molar-refractivity contribution is -0.137. The summed E-state index contributed by atoms with van der Waals surface area (Å²) < 4.78 is 64.5. The zero-order chi connectivity index (χ0) is 21.7. The fourth-order valence-electron chi connectivity index (χ4n) is 3.40. The number of alkyl halides is 3.